The van der Waals surface area contributed by atoms with Crippen molar-refractivity contribution < 1.29 is 4.79 Å². The molecule has 1 aliphatic carbocycles. The zero-order valence-electron chi connectivity index (χ0n) is 12.8. The highest BCUT2D eigenvalue weighted by Gasteiger charge is 2.35. The molecule has 0 spiro atoms. The van der Waals surface area contributed by atoms with Gasteiger partial charge in [0.2, 0.25) is 0 Å². The second kappa shape index (κ2) is 6.88. The Bertz CT molecular complexity index is 509. The van der Waals surface area contributed by atoms with E-state index in [4.69, 9.17) is 18.0 Å². The van der Waals surface area contributed by atoms with Gasteiger partial charge in [-0.3, -0.25) is 4.79 Å². The van der Waals surface area contributed by atoms with E-state index in [1.165, 1.54) is 35.5 Å². The molecule has 1 saturated carbocycles. The Morgan fingerprint density at radius 1 is 1.24 bits per heavy atom. The molecule has 1 aromatic rings. The predicted octanol–water partition coefficient (Wildman–Crippen LogP) is 3.86. The van der Waals surface area contributed by atoms with Crippen LogP contribution in [0.5, 0.6) is 0 Å². The Balaban J connectivity index is 2.18. The quantitative estimate of drug-likeness (QED) is 0.830. The van der Waals surface area contributed by atoms with Crippen LogP contribution in [0.2, 0.25) is 0 Å². The molecule has 0 bridgehead atoms. The average molecular weight is 325 g/mol. The number of thiocarbonyl (C=S) groups is 1. The van der Waals surface area contributed by atoms with Gasteiger partial charge in [-0.05, 0) is 38.3 Å². The molecule has 21 heavy (non-hydrogen) atoms. The Morgan fingerprint density at radius 2 is 1.81 bits per heavy atom. The van der Waals surface area contributed by atoms with Crippen LogP contribution >= 0.6 is 23.6 Å². The van der Waals surface area contributed by atoms with Crippen LogP contribution < -0.4 is 11.1 Å². The third-order valence-electron chi connectivity index (χ3n) is 4.42. The first kappa shape index (κ1) is 16.4. The summed E-state index contributed by atoms with van der Waals surface area (Å²) in [5, 5.41) is 3.16. The van der Waals surface area contributed by atoms with E-state index in [1.807, 2.05) is 19.9 Å². The maximum Gasteiger partial charge on any atom is 0.262 e. The van der Waals surface area contributed by atoms with Crippen LogP contribution in [0.1, 0.15) is 65.1 Å². The van der Waals surface area contributed by atoms with Crippen LogP contribution in [0.3, 0.4) is 0 Å². The van der Waals surface area contributed by atoms with Gasteiger partial charge >= 0.3 is 0 Å². The summed E-state index contributed by atoms with van der Waals surface area (Å²) in [6, 6.07) is 1.95. The summed E-state index contributed by atoms with van der Waals surface area (Å²) < 4.78 is 0. The van der Waals surface area contributed by atoms with Crippen LogP contribution in [0.15, 0.2) is 6.07 Å². The second-order valence-corrected chi connectivity index (χ2v) is 7.71. The van der Waals surface area contributed by atoms with Gasteiger partial charge in [0, 0.05) is 4.88 Å². The smallest absolute Gasteiger partial charge is 0.262 e. The summed E-state index contributed by atoms with van der Waals surface area (Å²) in [6.45, 7) is 4.07. The molecule has 0 aromatic carbocycles. The van der Waals surface area contributed by atoms with Gasteiger partial charge in [-0.25, -0.2) is 0 Å². The molecule has 0 radical (unpaired) electrons. The van der Waals surface area contributed by atoms with Crippen LogP contribution in [-0.2, 0) is 0 Å². The fourth-order valence-corrected chi connectivity index (χ4v) is 4.09. The van der Waals surface area contributed by atoms with Gasteiger partial charge in [0.05, 0.1) is 15.4 Å². The predicted molar refractivity (Wildman–Crippen MR) is 93.1 cm³/mol. The summed E-state index contributed by atoms with van der Waals surface area (Å²) in [5.41, 5.74) is 6.66. The van der Waals surface area contributed by atoms with E-state index in [1.54, 1.807) is 0 Å². The van der Waals surface area contributed by atoms with E-state index in [-0.39, 0.29) is 5.91 Å². The molecular weight excluding hydrogens is 300 g/mol. The van der Waals surface area contributed by atoms with E-state index in [0.29, 0.717) is 4.99 Å². The lowest BCUT2D eigenvalue weighted by molar-refractivity contribution is 0.0917. The van der Waals surface area contributed by atoms with Crippen molar-refractivity contribution in [1.82, 2.24) is 5.32 Å². The zero-order chi connectivity index (χ0) is 15.5. The monoisotopic (exact) mass is 324 g/mol. The summed E-state index contributed by atoms with van der Waals surface area (Å²) >= 11 is 6.83. The number of nitrogens with one attached hydrogen (secondary N) is 1. The van der Waals surface area contributed by atoms with Crippen molar-refractivity contribution in [2.45, 2.75) is 64.3 Å². The molecule has 3 nitrogen and oxygen atoms in total. The third-order valence-corrected chi connectivity index (χ3v) is 5.96. The lowest BCUT2D eigenvalue weighted by Gasteiger charge is -2.35. The first-order valence-electron chi connectivity index (χ1n) is 7.64. The van der Waals surface area contributed by atoms with E-state index in [0.717, 1.165) is 36.1 Å². The van der Waals surface area contributed by atoms with Crippen LogP contribution in [0, 0.1) is 13.8 Å². The van der Waals surface area contributed by atoms with E-state index in [9.17, 15) is 4.79 Å². The molecule has 1 aliphatic rings. The van der Waals surface area contributed by atoms with Gasteiger partial charge in [0.15, 0.2) is 0 Å². The molecule has 2 rings (SSSR count). The molecule has 116 valence electrons. The summed E-state index contributed by atoms with van der Waals surface area (Å²) in [6.07, 6.45) is 7.51. The van der Waals surface area contributed by atoms with Crippen molar-refractivity contribution in [3.8, 4) is 0 Å². The zero-order valence-corrected chi connectivity index (χ0v) is 14.5. The van der Waals surface area contributed by atoms with Gasteiger partial charge in [0.1, 0.15) is 0 Å². The lowest BCUT2D eigenvalue weighted by Crippen LogP contribution is -2.56. The second-order valence-electron chi connectivity index (χ2n) is 6.02. The molecule has 0 aliphatic heterocycles. The topological polar surface area (TPSA) is 55.1 Å². The van der Waals surface area contributed by atoms with Crippen molar-refractivity contribution in [2.75, 3.05) is 0 Å². The van der Waals surface area contributed by atoms with Crippen LogP contribution in [0.4, 0.5) is 0 Å². The molecule has 1 heterocycles. The average Bonchev–Trinajstić information content (AvgIpc) is 2.73. The van der Waals surface area contributed by atoms with Gasteiger partial charge < -0.3 is 11.1 Å². The number of amides is 1. The molecule has 0 unspecified atom stereocenters. The molecule has 1 fully saturated rings. The van der Waals surface area contributed by atoms with Gasteiger partial charge in [-0.1, -0.05) is 44.3 Å². The molecular formula is C16H24N2OS2. The lowest BCUT2D eigenvalue weighted by atomic mass is 9.83. The minimum Gasteiger partial charge on any atom is -0.391 e. The van der Waals surface area contributed by atoms with Gasteiger partial charge in [0.25, 0.3) is 5.91 Å². The normalized spacial score (nSPS) is 18.6. The number of thiophene rings is 1. The number of hydrogen-bond donors (Lipinski definition) is 2. The number of hydrogen-bond acceptors (Lipinski definition) is 3. The molecule has 1 aromatic heterocycles. The van der Waals surface area contributed by atoms with Crippen molar-refractivity contribution in [3.63, 3.8) is 0 Å². The van der Waals surface area contributed by atoms with Crippen molar-refractivity contribution in [3.05, 3.63) is 21.4 Å². The standard InChI is InChI=1S/C16H24N2OS2/c1-11-10-13(21-12(11)2)14(19)18-16(15(17)20)8-6-4-3-5-7-9-16/h10H,3-9H2,1-2H3,(H2,17,20)(H,18,19). The van der Waals surface area contributed by atoms with Crippen molar-refractivity contribution in [2.24, 2.45) is 5.73 Å². The maximum atomic E-state index is 12.6. The number of aryl methyl sites for hydroxylation is 2. The Hall–Kier alpha value is -0.940. The number of rotatable bonds is 3. The highest BCUT2D eigenvalue weighted by molar-refractivity contribution is 7.80. The van der Waals surface area contributed by atoms with Crippen molar-refractivity contribution in [1.29, 1.82) is 0 Å². The maximum absolute atomic E-state index is 12.6. The summed E-state index contributed by atoms with van der Waals surface area (Å²) in [4.78, 5) is 14.9. The van der Waals surface area contributed by atoms with Gasteiger partial charge in [-0.15, -0.1) is 11.3 Å². The minimum atomic E-state index is -0.501. The highest BCUT2D eigenvalue weighted by atomic mass is 32.1. The Labute approximate surface area is 136 Å². The Kier molecular flexibility index (Phi) is 5.38. The number of carbonyl (C=O) groups is 1. The fourth-order valence-electron chi connectivity index (χ4n) is 2.91. The van der Waals surface area contributed by atoms with Crippen molar-refractivity contribution >= 4 is 34.5 Å². The number of nitrogens with two attached hydrogens (primary N) is 1. The highest BCUT2D eigenvalue weighted by Crippen LogP contribution is 2.28. The number of carbonyl (C=O) groups excluding carboxylic acids is 1. The molecule has 0 saturated heterocycles. The fraction of sp³-hybridized carbons (Fsp3) is 0.625. The molecule has 0 atom stereocenters. The van der Waals surface area contributed by atoms with E-state index < -0.39 is 5.54 Å². The molecule has 5 heteroatoms. The largest absolute Gasteiger partial charge is 0.391 e. The molecule has 3 N–H and O–H groups in total. The van der Waals surface area contributed by atoms with E-state index >= 15 is 0 Å². The molecule has 1 amide bonds. The Morgan fingerprint density at radius 3 is 2.29 bits per heavy atom. The first-order chi connectivity index (χ1) is 9.94. The van der Waals surface area contributed by atoms with Crippen LogP contribution in [-0.4, -0.2) is 16.4 Å². The van der Waals surface area contributed by atoms with Gasteiger partial charge in [-0.2, -0.15) is 0 Å². The third kappa shape index (κ3) is 3.83. The summed E-state index contributed by atoms with van der Waals surface area (Å²) in [7, 11) is 0. The first-order valence-corrected chi connectivity index (χ1v) is 8.86. The SMILES string of the molecule is Cc1cc(C(=O)NC2(C(N)=S)CCCCCCC2)sc1C. The van der Waals surface area contributed by atoms with Crippen LogP contribution in [0.25, 0.3) is 0 Å². The minimum absolute atomic E-state index is 0.0374. The summed E-state index contributed by atoms with van der Waals surface area (Å²) in [5.74, 6) is -0.0374. The van der Waals surface area contributed by atoms with E-state index in [2.05, 4.69) is 5.32 Å².